The first kappa shape index (κ1) is 18.4. The molecule has 5 unspecified atom stereocenters. The highest BCUT2D eigenvalue weighted by Crippen LogP contribution is 2.52. The zero-order valence-electron chi connectivity index (χ0n) is 16.2. The Morgan fingerprint density at radius 2 is 2.15 bits per heavy atom. The predicted molar refractivity (Wildman–Crippen MR) is 101 cm³/mol. The Balaban J connectivity index is 1.71. The van der Waals surface area contributed by atoms with Crippen molar-refractivity contribution in [2.45, 2.75) is 43.7 Å². The van der Waals surface area contributed by atoms with Crippen LogP contribution in [0.25, 0.3) is 0 Å². The van der Waals surface area contributed by atoms with Crippen molar-refractivity contribution in [1.82, 2.24) is 4.90 Å². The van der Waals surface area contributed by atoms with Crippen molar-refractivity contribution in [3.63, 3.8) is 0 Å². The van der Waals surface area contributed by atoms with Gasteiger partial charge in [-0.1, -0.05) is 31.5 Å². The maximum absolute atomic E-state index is 13.1. The Labute approximate surface area is 160 Å². The molecule has 1 aromatic carbocycles. The average molecular weight is 372 g/mol. The van der Waals surface area contributed by atoms with E-state index in [9.17, 15) is 9.59 Å². The molecule has 0 aromatic heterocycles. The van der Waals surface area contributed by atoms with Gasteiger partial charge in [0.15, 0.2) is 6.10 Å². The summed E-state index contributed by atoms with van der Waals surface area (Å²) in [7, 11) is 2.98. The highest BCUT2D eigenvalue weighted by molar-refractivity contribution is 6.07. The van der Waals surface area contributed by atoms with Gasteiger partial charge in [-0.05, 0) is 36.9 Å². The molecule has 0 bridgehead atoms. The van der Waals surface area contributed by atoms with Gasteiger partial charge in [-0.15, -0.1) is 0 Å². The van der Waals surface area contributed by atoms with Crippen LogP contribution in [0.4, 0.5) is 5.69 Å². The molecule has 1 N–H and O–H groups in total. The number of benzene rings is 1. The summed E-state index contributed by atoms with van der Waals surface area (Å²) in [5.41, 5.74) is 1.50. The second-order valence-corrected chi connectivity index (χ2v) is 7.98. The van der Waals surface area contributed by atoms with Crippen LogP contribution in [0.3, 0.4) is 0 Å². The Kier molecular flexibility index (Phi) is 4.72. The van der Waals surface area contributed by atoms with E-state index in [1.165, 1.54) is 7.11 Å². The Bertz CT molecular complexity index is 751. The van der Waals surface area contributed by atoms with Crippen molar-refractivity contribution in [2.75, 3.05) is 32.6 Å². The van der Waals surface area contributed by atoms with Gasteiger partial charge in [0, 0.05) is 31.3 Å². The Morgan fingerprint density at radius 3 is 2.85 bits per heavy atom. The van der Waals surface area contributed by atoms with Crippen molar-refractivity contribution >= 4 is 17.6 Å². The predicted octanol–water partition coefficient (Wildman–Crippen LogP) is 2.18. The summed E-state index contributed by atoms with van der Waals surface area (Å²) >= 11 is 0. The molecule has 1 spiro atoms. The van der Waals surface area contributed by atoms with Gasteiger partial charge in [0.1, 0.15) is 0 Å². The molecular weight excluding hydrogens is 344 g/mol. The molecular formula is C21H28N2O4. The zero-order chi connectivity index (χ0) is 19.2. The summed E-state index contributed by atoms with van der Waals surface area (Å²) in [5, 5.41) is 3.09. The number of hydrogen-bond donors (Lipinski definition) is 1. The lowest BCUT2D eigenvalue weighted by atomic mass is 9.67. The third-order valence-corrected chi connectivity index (χ3v) is 7.03. The van der Waals surface area contributed by atoms with E-state index in [-0.39, 0.29) is 23.8 Å². The summed E-state index contributed by atoms with van der Waals surface area (Å²) in [5.74, 6) is 0.166. The fourth-order valence-electron chi connectivity index (χ4n) is 5.69. The second kappa shape index (κ2) is 6.91. The van der Waals surface area contributed by atoms with E-state index in [0.29, 0.717) is 5.92 Å². The molecule has 6 nitrogen and oxygen atoms in total. The van der Waals surface area contributed by atoms with Crippen molar-refractivity contribution in [3.8, 4) is 0 Å². The smallest absolute Gasteiger partial charge is 0.335 e. The normalized spacial score (nSPS) is 33.4. The number of fused-ring (bicyclic) bond motifs is 4. The summed E-state index contributed by atoms with van der Waals surface area (Å²) in [6.45, 7) is 3.96. The SMILES string of the molecule is CCC1CN2CCC3(C(=O)Nc4ccccc43)C2CC1C(OC)C(=O)OC. The Morgan fingerprint density at radius 1 is 1.37 bits per heavy atom. The molecule has 3 heterocycles. The van der Waals surface area contributed by atoms with Gasteiger partial charge in [-0.3, -0.25) is 9.69 Å². The van der Waals surface area contributed by atoms with Gasteiger partial charge in [-0.25, -0.2) is 4.79 Å². The third-order valence-electron chi connectivity index (χ3n) is 7.03. The van der Waals surface area contributed by atoms with Crippen LogP contribution in [0.1, 0.15) is 31.7 Å². The fourth-order valence-corrected chi connectivity index (χ4v) is 5.69. The largest absolute Gasteiger partial charge is 0.467 e. The topological polar surface area (TPSA) is 67.9 Å². The number of nitrogens with one attached hydrogen (secondary N) is 1. The maximum Gasteiger partial charge on any atom is 0.335 e. The summed E-state index contributed by atoms with van der Waals surface area (Å²) in [6, 6.07) is 8.10. The number of para-hydroxylation sites is 1. The van der Waals surface area contributed by atoms with E-state index in [4.69, 9.17) is 9.47 Å². The van der Waals surface area contributed by atoms with Gasteiger partial charge in [-0.2, -0.15) is 0 Å². The minimum Gasteiger partial charge on any atom is -0.467 e. The maximum atomic E-state index is 13.1. The number of anilines is 1. The van der Waals surface area contributed by atoms with Crippen LogP contribution in [0.2, 0.25) is 0 Å². The standard InChI is InChI=1S/C21H28N2O4/c1-4-13-12-23-10-9-21(15-7-5-6-8-16(15)22-20(21)25)17(23)11-14(13)18(26-2)19(24)27-3/h5-8,13-14,17-18H,4,9-12H2,1-3H3,(H,22,25). The number of methoxy groups -OCH3 is 2. The minimum atomic E-state index is -0.584. The molecule has 3 aliphatic rings. The first-order valence-electron chi connectivity index (χ1n) is 9.82. The molecule has 2 saturated heterocycles. The zero-order valence-corrected chi connectivity index (χ0v) is 16.2. The highest BCUT2D eigenvalue weighted by Gasteiger charge is 2.60. The van der Waals surface area contributed by atoms with Crippen LogP contribution in [0.15, 0.2) is 24.3 Å². The number of carbonyl (C=O) groups is 2. The fraction of sp³-hybridized carbons (Fsp3) is 0.619. The van der Waals surface area contributed by atoms with Crippen molar-refractivity contribution in [3.05, 3.63) is 29.8 Å². The van der Waals surface area contributed by atoms with Crippen LogP contribution in [-0.4, -0.2) is 56.2 Å². The molecule has 27 heavy (non-hydrogen) atoms. The monoisotopic (exact) mass is 372 g/mol. The molecule has 5 atom stereocenters. The van der Waals surface area contributed by atoms with E-state index in [2.05, 4.69) is 23.2 Å². The van der Waals surface area contributed by atoms with Crippen LogP contribution >= 0.6 is 0 Å². The van der Waals surface area contributed by atoms with Gasteiger partial charge in [0.05, 0.1) is 12.5 Å². The lowest BCUT2D eigenvalue weighted by molar-refractivity contribution is -0.160. The van der Waals surface area contributed by atoms with Gasteiger partial charge in [0.25, 0.3) is 0 Å². The van der Waals surface area contributed by atoms with E-state index in [0.717, 1.165) is 43.6 Å². The first-order valence-corrected chi connectivity index (χ1v) is 9.82. The average Bonchev–Trinajstić information content (AvgIpc) is 3.20. The van der Waals surface area contributed by atoms with Gasteiger partial charge >= 0.3 is 5.97 Å². The van der Waals surface area contributed by atoms with E-state index in [1.807, 2.05) is 18.2 Å². The van der Waals surface area contributed by atoms with Crippen LogP contribution in [-0.2, 0) is 24.5 Å². The molecule has 1 aromatic rings. The molecule has 6 heteroatoms. The molecule has 4 rings (SSSR count). The number of carbonyl (C=O) groups excluding carboxylic acids is 2. The molecule has 0 saturated carbocycles. The molecule has 0 aliphatic carbocycles. The minimum absolute atomic E-state index is 0.0456. The summed E-state index contributed by atoms with van der Waals surface area (Å²) in [6.07, 6.45) is 1.97. The lowest BCUT2D eigenvalue weighted by Crippen LogP contribution is -2.56. The number of ether oxygens (including phenoxy) is 2. The molecule has 0 radical (unpaired) electrons. The Hall–Kier alpha value is -1.92. The summed E-state index contributed by atoms with van der Waals surface area (Å²) in [4.78, 5) is 27.9. The molecule has 2 fully saturated rings. The molecule has 146 valence electrons. The second-order valence-electron chi connectivity index (χ2n) is 7.98. The first-order chi connectivity index (χ1) is 13.1. The molecule has 1 amide bonds. The number of amides is 1. The van der Waals surface area contributed by atoms with E-state index < -0.39 is 11.5 Å². The number of esters is 1. The lowest BCUT2D eigenvalue weighted by Gasteiger charge is -2.46. The van der Waals surface area contributed by atoms with Crippen LogP contribution in [0, 0.1) is 11.8 Å². The third kappa shape index (κ3) is 2.61. The quantitative estimate of drug-likeness (QED) is 0.821. The van der Waals surface area contributed by atoms with E-state index >= 15 is 0 Å². The number of piperidine rings is 1. The number of rotatable bonds is 4. The number of hydrogen-bond acceptors (Lipinski definition) is 5. The van der Waals surface area contributed by atoms with Gasteiger partial charge < -0.3 is 14.8 Å². The number of nitrogens with zero attached hydrogens (tertiary/aromatic N) is 1. The summed E-state index contributed by atoms with van der Waals surface area (Å²) < 4.78 is 10.6. The van der Waals surface area contributed by atoms with Gasteiger partial charge in [0.2, 0.25) is 5.91 Å². The van der Waals surface area contributed by atoms with Crippen LogP contribution < -0.4 is 5.32 Å². The van der Waals surface area contributed by atoms with Crippen molar-refractivity contribution in [1.29, 1.82) is 0 Å². The van der Waals surface area contributed by atoms with Crippen molar-refractivity contribution < 1.29 is 19.1 Å². The molecule has 3 aliphatic heterocycles. The highest BCUT2D eigenvalue weighted by atomic mass is 16.6. The van der Waals surface area contributed by atoms with Crippen LogP contribution in [0.5, 0.6) is 0 Å². The van der Waals surface area contributed by atoms with E-state index in [1.54, 1.807) is 7.11 Å². The van der Waals surface area contributed by atoms with Crippen molar-refractivity contribution in [2.24, 2.45) is 11.8 Å².